The summed E-state index contributed by atoms with van der Waals surface area (Å²) in [6.07, 6.45) is -1.63. The third-order valence-corrected chi connectivity index (χ3v) is 2.84. The molecule has 0 fully saturated rings. The van der Waals surface area contributed by atoms with Gasteiger partial charge >= 0.3 is 0 Å². The highest BCUT2D eigenvalue weighted by Gasteiger charge is 2.32. The van der Waals surface area contributed by atoms with Gasteiger partial charge in [0.25, 0.3) is 5.91 Å². The number of methoxy groups -OCH3 is 2. The topological polar surface area (TPSA) is 67.8 Å². The van der Waals surface area contributed by atoms with E-state index >= 15 is 0 Å². The maximum atomic E-state index is 11.8. The monoisotopic (exact) mass is 327 g/mol. The molecule has 1 atom stereocenters. The van der Waals surface area contributed by atoms with Crippen molar-refractivity contribution in [2.45, 2.75) is 10.0 Å². The van der Waals surface area contributed by atoms with E-state index in [2.05, 4.69) is 5.32 Å². The van der Waals surface area contributed by atoms with Crippen LogP contribution in [0.5, 0.6) is 11.5 Å². The number of alkyl halides is 3. The van der Waals surface area contributed by atoms with Crippen LogP contribution < -0.4 is 14.8 Å². The van der Waals surface area contributed by atoms with Gasteiger partial charge < -0.3 is 19.9 Å². The predicted octanol–water partition coefficient (Wildman–Crippen LogP) is 2.12. The first-order valence-corrected chi connectivity index (χ1v) is 6.20. The van der Waals surface area contributed by atoms with Gasteiger partial charge in [0.1, 0.15) is 0 Å². The van der Waals surface area contributed by atoms with Gasteiger partial charge in [-0.05, 0) is 18.2 Å². The molecule has 2 N–H and O–H groups in total. The van der Waals surface area contributed by atoms with Gasteiger partial charge in [-0.2, -0.15) is 0 Å². The molecule has 0 heterocycles. The number of rotatable bonds is 4. The summed E-state index contributed by atoms with van der Waals surface area (Å²) in [5, 5.41) is 11.6. The van der Waals surface area contributed by atoms with Crippen molar-refractivity contribution < 1.29 is 19.4 Å². The lowest BCUT2D eigenvalue weighted by Gasteiger charge is -2.20. The van der Waals surface area contributed by atoms with E-state index in [0.29, 0.717) is 11.5 Å². The van der Waals surface area contributed by atoms with Crippen LogP contribution in [0.3, 0.4) is 0 Å². The van der Waals surface area contributed by atoms with Crippen LogP contribution in [0.25, 0.3) is 0 Å². The standard InChI is InChI=1S/C11H12Cl3NO4/c1-18-7-4-3-6(5-8(7)19-2)9(16)15-10(17)11(12,13)14/h3-5,10,17H,1-2H3,(H,15,16). The zero-order chi connectivity index (χ0) is 14.6. The molecular weight excluding hydrogens is 316 g/mol. The molecule has 1 aromatic rings. The van der Waals surface area contributed by atoms with Crippen LogP contribution in [0.1, 0.15) is 10.4 Å². The Labute approximate surface area is 125 Å². The largest absolute Gasteiger partial charge is 0.493 e. The summed E-state index contributed by atoms with van der Waals surface area (Å²) in [6, 6.07) is 4.48. The Morgan fingerprint density at radius 2 is 1.84 bits per heavy atom. The lowest BCUT2D eigenvalue weighted by molar-refractivity contribution is 0.0791. The Morgan fingerprint density at radius 3 is 2.32 bits per heavy atom. The first-order chi connectivity index (χ1) is 8.79. The molecule has 1 aromatic carbocycles. The summed E-state index contributed by atoms with van der Waals surface area (Å²) in [6.45, 7) is 0. The second-order valence-corrected chi connectivity index (χ2v) is 5.86. The van der Waals surface area contributed by atoms with Gasteiger partial charge in [-0.25, -0.2) is 0 Å². The molecule has 106 valence electrons. The predicted molar refractivity (Wildman–Crippen MR) is 73.3 cm³/mol. The van der Waals surface area contributed by atoms with Gasteiger partial charge in [0, 0.05) is 5.56 Å². The van der Waals surface area contributed by atoms with Crippen molar-refractivity contribution in [3.05, 3.63) is 23.8 Å². The summed E-state index contributed by atoms with van der Waals surface area (Å²) in [4.78, 5) is 11.8. The minimum atomic E-state index is -2.01. The van der Waals surface area contributed by atoms with Crippen LogP contribution in [0.15, 0.2) is 18.2 Å². The number of halogens is 3. The average Bonchev–Trinajstić information content (AvgIpc) is 2.36. The maximum Gasteiger partial charge on any atom is 0.253 e. The quantitative estimate of drug-likeness (QED) is 0.656. The van der Waals surface area contributed by atoms with Gasteiger partial charge in [0.05, 0.1) is 14.2 Å². The van der Waals surface area contributed by atoms with E-state index in [1.165, 1.54) is 26.4 Å². The third kappa shape index (κ3) is 4.31. The van der Waals surface area contributed by atoms with Gasteiger partial charge in [-0.15, -0.1) is 0 Å². The SMILES string of the molecule is COc1ccc(C(=O)NC(O)C(Cl)(Cl)Cl)cc1OC. The average molecular weight is 329 g/mol. The van der Waals surface area contributed by atoms with Crippen molar-refractivity contribution in [2.75, 3.05) is 14.2 Å². The minimum absolute atomic E-state index is 0.228. The molecule has 8 heteroatoms. The minimum Gasteiger partial charge on any atom is -0.493 e. The van der Waals surface area contributed by atoms with Crippen molar-refractivity contribution in [1.82, 2.24) is 5.32 Å². The summed E-state index contributed by atoms with van der Waals surface area (Å²) >= 11 is 16.3. The molecule has 1 unspecified atom stereocenters. The second kappa shape index (κ2) is 6.52. The normalized spacial score (nSPS) is 12.7. The van der Waals surface area contributed by atoms with Crippen LogP contribution in [-0.4, -0.2) is 35.3 Å². The van der Waals surface area contributed by atoms with E-state index in [1.807, 2.05) is 0 Å². The van der Waals surface area contributed by atoms with Gasteiger partial charge in [-0.3, -0.25) is 4.79 Å². The molecule has 0 saturated carbocycles. The molecule has 0 spiro atoms. The number of aliphatic hydroxyl groups excluding tert-OH is 1. The number of hydrogen-bond donors (Lipinski definition) is 2. The molecule has 0 aliphatic carbocycles. The Hall–Kier alpha value is -0.880. The molecule has 1 amide bonds. The van der Waals surface area contributed by atoms with E-state index in [0.717, 1.165) is 0 Å². The van der Waals surface area contributed by atoms with Crippen LogP contribution >= 0.6 is 34.8 Å². The summed E-state index contributed by atoms with van der Waals surface area (Å²) < 4.78 is 8.08. The maximum absolute atomic E-state index is 11.8. The number of amides is 1. The van der Waals surface area contributed by atoms with Crippen molar-refractivity contribution >= 4 is 40.7 Å². The second-order valence-electron chi connectivity index (χ2n) is 3.49. The van der Waals surface area contributed by atoms with Gasteiger partial charge in [-0.1, -0.05) is 34.8 Å². The fraction of sp³-hybridized carbons (Fsp3) is 0.364. The molecular formula is C11H12Cl3NO4. The van der Waals surface area contributed by atoms with Gasteiger partial charge in [0.15, 0.2) is 17.7 Å². The summed E-state index contributed by atoms with van der Waals surface area (Å²) in [7, 11) is 2.92. The fourth-order valence-electron chi connectivity index (χ4n) is 1.27. The Morgan fingerprint density at radius 1 is 1.26 bits per heavy atom. The zero-order valence-corrected chi connectivity index (χ0v) is 12.4. The van der Waals surface area contributed by atoms with E-state index < -0.39 is 15.9 Å². The molecule has 0 saturated heterocycles. The third-order valence-electron chi connectivity index (χ3n) is 2.22. The van der Waals surface area contributed by atoms with E-state index in [9.17, 15) is 9.90 Å². The lowest BCUT2D eigenvalue weighted by Crippen LogP contribution is -2.43. The Kier molecular flexibility index (Phi) is 5.55. The molecule has 5 nitrogen and oxygen atoms in total. The van der Waals surface area contributed by atoms with Crippen LogP contribution in [0.2, 0.25) is 0 Å². The Bertz CT molecular complexity index is 462. The molecule has 0 aliphatic rings. The molecule has 19 heavy (non-hydrogen) atoms. The van der Waals surface area contributed by atoms with Crippen LogP contribution in [0, 0.1) is 0 Å². The first kappa shape index (κ1) is 16.2. The number of carbonyl (C=O) groups is 1. The number of nitrogens with one attached hydrogen (secondary N) is 1. The number of aliphatic hydroxyl groups is 1. The van der Waals surface area contributed by atoms with Crippen molar-refractivity contribution in [1.29, 1.82) is 0 Å². The number of ether oxygens (including phenoxy) is 2. The first-order valence-electron chi connectivity index (χ1n) is 5.07. The molecule has 0 aliphatic heterocycles. The smallest absolute Gasteiger partial charge is 0.253 e. The zero-order valence-electron chi connectivity index (χ0n) is 10.1. The molecule has 0 aromatic heterocycles. The van der Waals surface area contributed by atoms with Crippen molar-refractivity contribution in [3.63, 3.8) is 0 Å². The van der Waals surface area contributed by atoms with E-state index in [4.69, 9.17) is 44.3 Å². The molecule has 0 radical (unpaired) electrons. The highest BCUT2D eigenvalue weighted by atomic mass is 35.6. The lowest BCUT2D eigenvalue weighted by atomic mass is 10.2. The van der Waals surface area contributed by atoms with Crippen LogP contribution in [0.4, 0.5) is 0 Å². The van der Waals surface area contributed by atoms with Crippen molar-refractivity contribution in [2.24, 2.45) is 0 Å². The van der Waals surface area contributed by atoms with Gasteiger partial charge in [0.2, 0.25) is 3.79 Å². The highest BCUT2D eigenvalue weighted by molar-refractivity contribution is 6.68. The Balaban J connectivity index is 2.89. The summed E-state index contributed by atoms with van der Waals surface area (Å²) in [5.41, 5.74) is 0.228. The number of benzene rings is 1. The molecule has 0 bridgehead atoms. The highest BCUT2D eigenvalue weighted by Crippen LogP contribution is 2.30. The number of hydrogen-bond acceptors (Lipinski definition) is 4. The van der Waals surface area contributed by atoms with Crippen molar-refractivity contribution in [3.8, 4) is 11.5 Å². The number of carbonyl (C=O) groups excluding carboxylic acids is 1. The summed E-state index contributed by atoms with van der Waals surface area (Å²) in [5.74, 6) is 0.235. The van der Waals surface area contributed by atoms with E-state index in [-0.39, 0.29) is 5.56 Å². The van der Waals surface area contributed by atoms with E-state index in [1.54, 1.807) is 6.07 Å². The fourth-order valence-corrected chi connectivity index (χ4v) is 1.43. The van der Waals surface area contributed by atoms with Crippen LogP contribution in [-0.2, 0) is 0 Å². The molecule has 1 rings (SSSR count).